The minimum Gasteiger partial charge on any atom is -0.449 e. The number of anilines is 2. The van der Waals surface area contributed by atoms with Gasteiger partial charge in [0.05, 0.1) is 5.69 Å². The van der Waals surface area contributed by atoms with Crippen molar-refractivity contribution < 1.29 is 9.21 Å². The van der Waals surface area contributed by atoms with Gasteiger partial charge in [-0.15, -0.1) is 0 Å². The van der Waals surface area contributed by atoms with Crippen molar-refractivity contribution in [3.8, 4) is 0 Å². The molecule has 3 rings (SSSR count). The fourth-order valence-corrected chi connectivity index (χ4v) is 2.60. The van der Waals surface area contributed by atoms with Gasteiger partial charge in [-0.2, -0.15) is 0 Å². The van der Waals surface area contributed by atoms with Gasteiger partial charge in [0.2, 0.25) is 5.76 Å². The first-order valence-electron chi connectivity index (χ1n) is 8.18. The molecule has 1 aromatic heterocycles. The maximum Gasteiger partial charge on any atom is 0.293 e. The number of rotatable bonds is 5. The van der Waals surface area contributed by atoms with E-state index in [2.05, 4.69) is 24.5 Å². The van der Waals surface area contributed by atoms with Crippen LogP contribution in [0.1, 0.15) is 30.0 Å². The summed E-state index contributed by atoms with van der Waals surface area (Å²) in [5.74, 6) is 0.535. The molecule has 2 aromatic carbocycles. The quantitative estimate of drug-likeness (QED) is 0.690. The van der Waals surface area contributed by atoms with Gasteiger partial charge in [-0.05, 0) is 42.7 Å². The molecule has 0 unspecified atom stereocenters. The normalized spacial score (nSPS) is 11.0. The van der Waals surface area contributed by atoms with E-state index in [1.807, 2.05) is 55.5 Å². The number of hydrogen-bond acceptors (Lipinski definition) is 3. The molecule has 0 fully saturated rings. The molecule has 0 radical (unpaired) electrons. The number of benzene rings is 2. The maximum atomic E-state index is 12.7. The molecule has 24 heavy (non-hydrogen) atoms. The van der Waals surface area contributed by atoms with E-state index in [1.54, 1.807) is 0 Å². The molecule has 0 spiro atoms. The number of carbonyl (C=O) groups excluding carboxylic acids is 1. The Hall–Kier alpha value is -2.75. The summed E-state index contributed by atoms with van der Waals surface area (Å²) in [5.41, 5.74) is 3.31. The number of carbonyl (C=O) groups is 1. The van der Waals surface area contributed by atoms with Crippen molar-refractivity contribution in [2.45, 2.75) is 20.8 Å². The van der Waals surface area contributed by atoms with Crippen LogP contribution in [0.2, 0.25) is 0 Å². The van der Waals surface area contributed by atoms with Crippen molar-refractivity contribution >= 4 is 28.3 Å². The highest BCUT2D eigenvalue weighted by atomic mass is 16.3. The topological polar surface area (TPSA) is 54.3 Å². The van der Waals surface area contributed by atoms with Crippen LogP contribution in [0.25, 0.3) is 11.0 Å². The Labute approximate surface area is 141 Å². The molecule has 0 atom stereocenters. The number of aryl methyl sites for hydroxylation is 1. The van der Waals surface area contributed by atoms with Crippen LogP contribution in [0.3, 0.4) is 0 Å². The molecule has 2 N–H and O–H groups in total. The fourth-order valence-electron chi connectivity index (χ4n) is 2.60. The largest absolute Gasteiger partial charge is 0.449 e. The smallest absolute Gasteiger partial charge is 0.293 e. The van der Waals surface area contributed by atoms with Crippen molar-refractivity contribution in [1.29, 1.82) is 0 Å². The number of hydrogen-bond donors (Lipinski definition) is 2. The first kappa shape index (κ1) is 16.1. The number of fused-ring (bicyclic) bond motifs is 1. The first-order chi connectivity index (χ1) is 11.5. The summed E-state index contributed by atoms with van der Waals surface area (Å²) in [6.07, 6.45) is 0. The number of nitrogens with one attached hydrogen (secondary N) is 2. The average molecular weight is 322 g/mol. The van der Waals surface area contributed by atoms with E-state index >= 15 is 0 Å². The summed E-state index contributed by atoms with van der Waals surface area (Å²) in [5, 5.41) is 7.20. The predicted molar refractivity (Wildman–Crippen MR) is 98.7 cm³/mol. The van der Waals surface area contributed by atoms with Crippen molar-refractivity contribution in [3.05, 3.63) is 59.9 Å². The molecule has 4 nitrogen and oxygen atoms in total. The predicted octanol–water partition coefficient (Wildman–Crippen LogP) is 5.06. The average Bonchev–Trinajstić information content (AvgIpc) is 2.91. The fraction of sp³-hybridized carbons (Fsp3) is 0.250. The molecule has 0 saturated heterocycles. The van der Waals surface area contributed by atoms with E-state index in [9.17, 15) is 4.79 Å². The molecule has 0 saturated carbocycles. The van der Waals surface area contributed by atoms with E-state index < -0.39 is 0 Å². The molecule has 0 bridgehead atoms. The van der Waals surface area contributed by atoms with Gasteiger partial charge in [-0.1, -0.05) is 38.1 Å². The van der Waals surface area contributed by atoms with Crippen LogP contribution >= 0.6 is 0 Å². The monoisotopic (exact) mass is 322 g/mol. The first-order valence-corrected chi connectivity index (χ1v) is 8.18. The lowest BCUT2D eigenvalue weighted by atomic mass is 10.1. The summed E-state index contributed by atoms with van der Waals surface area (Å²) < 4.78 is 5.82. The van der Waals surface area contributed by atoms with Crippen molar-refractivity contribution in [2.24, 2.45) is 5.92 Å². The molecule has 4 heteroatoms. The van der Waals surface area contributed by atoms with Gasteiger partial charge in [0.15, 0.2) is 0 Å². The summed E-state index contributed by atoms with van der Waals surface area (Å²) >= 11 is 0. The lowest BCUT2D eigenvalue weighted by Crippen LogP contribution is -2.15. The van der Waals surface area contributed by atoms with Gasteiger partial charge in [0, 0.05) is 17.6 Å². The molecule has 0 aliphatic rings. The van der Waals surface area contributed by atoms with Crippen molar-refractivity contribution in [2.75, 3.05) is 17.2 Å². The van der Waals surface area contributed by atoms with Crippen LogP contribution in [0.5, 0.6) is 0 Å². The highest BCUT2D eigenvalue weighted by molar-refractivity contribution is 6.11. The Kier molecular flexibility index (Phi) is 4.56. The zero-order chi connectivity index (χ0) is 17.1. The van der Waals surface area contributed by atoms with Crippen LogP contribution in [0.4, 0.5) is 11.4 Å². The van der Waals surface area contributed by atoms with Crippen LogP contribution < -0.4 is 10.6 Å². The summed E-state index contributed by atoms with van der Waals surface area (Å²) in [7, 11) is 0. The van der Waals surface area contributed by atoms with Gasteiger partial charge in [-0.25, -0.2) is 0 Å². The zero-order valence-corrected chi connectivity index (χ0v) is 14.2. The van der Waals surface area contributed by atoms with Crippen LogP contribution in [-0.2, 0) is 0 Å². The minimum absolute atomic E-state index is 0.247. The Morgan fingerprint density at radius 2 is 1.92 bits per heavy atom. The van der Waals surface area contributed by atoms with E-state index in [1.165, 1.54) is 0 Å². The van der Waals surface area contributed by atoms with Gasteiger partial charge >= 0.3 is 0 Å². The van der Waals surface area contributed by atoms with Gasteiger partial charge in [0.1, 0.15) is 5.58 Å². The van der Waals surface area contributed by atoms with Crippen molar-refractivity contribution in [3.63, 3.8) is 0 Å². The highest BCUT2D eigenvalue weighted by Gasteiger charge is 2.20. The van der Waals surface area contributed by atoms with Crippen molar-refractivity contribution in [1.82, 2.24) is 0 Å². The maximum absolute atomic E-state index is 12.7. The lowest BCUT2D eigenvalue weighted by molar-refractivity contribution is 0.0999. The van der Waals surface area contributed by atoms with Crippen LogP contribution in [0, 0.1) is 12.8 Å². The van der Waals surface area contributed by atoms with Gasteiger partial charge in [0.25, 0.3) is 5.91 Å². The molecule has 124 valence electrons. The minimum atomic E-state index is -0.247. The molecule has 1 amide bonds. The molecule has 0 aliphatic heterocycles. The van der Waals surface area contributed by atoms with E-state index in [4.69, 9.17) is 4.42 Å². The molecule has 1 heterocycles. The van der Waals surface area contributed by atoms with Crippen LogP contribution in [-0.4, -0.2) is 12.5 Å². The second-order valence-corrected chi connectivity index (χ2v) is 6.40. The molecular formula is C20H22N2O2. The summed E-state index contributed by atoms with van der Waals surface area (Å²) in [6.45, 7) is 7.02. The third-order valence-corrected chi connectivity index (χ3v) is 3.76. The number of para-hydroxylation sites is 1. The van der Waals surface area contributed by atoms with E-state index in [0.717, 1.165) is 28.9 Å². The SMILES string of the molecule is Cc1cccc(NC(=O)c2oc3ccccc3c2NCC(C)C)c1. The molecular weight excluding hydrogens is 300 g/mol. The second kappa shape index (κ2) is 6.79. The zero-order valence-electron chi connectivity index (χ0n) is 14.2. The van der Waals surface area contributed by atoms with Crippen LogP contribution in [0.15, 0.2) is 52.9 Å². The Morgan fingerprint density at radius 1 is 1.12 bits per heavy atom. The standard InChI is InChI=1S/C20H22N2O2/c1-13(2)12-21-18-16-9-4-5-10-17(16)24-19(18)20(23)22-15-8-6-7-14(3)11-15/h4-11,13,21H,12H2,1-3H3,(H,22,23). The van der Waals surface area contributed by atoms with E-state index in [-0.39, 0.29) is 5.91 Å². The number of furan rings is 1. The third kappa shape index (κ3) is 3.43. The Balaban J connectivity index is 1.94. The summed E-state index contributed by atoms with van der Waals surface area (Å²) in [6, 6.07) is 15.4. The Bertz CT molecular complexity index is 865. The third-order valence-electron chi connectivity index (χ3n) is 3.76. The lowest BCUT2D eigenvalue weighted by Gasteiger charge is -2.10. The number of amides is 1. The molecule has 3 aromatic rings. The summed E-state index contributed by atoms with van der Waals surface area (Å²) in [4.78, 5) is 12.7. The Morgan fingerprint density at radius 3 is 2.67 bits per heavy atom. The molecule has 0 aliphatic carbocycles. The van der Waals surface area contributed by atoms with Gasteiger partial charge < -0.3 is 15.1 Å². The second-order valence-electron chi connectivity index (χ2n) is 6.40. The van der Waals surface area contributed by atoms with Gasteiger partial charge in [-0.3, -0.25) is 4.79 Å². The highest BCUT2D eigenvalue weighted by Crippen LogP contribution is 2.31. The van der Waals surface area contributed by atoms with E-state index in [0.29, 0.717) is 17.3 Å².